The molecule has 2 atom stereocenters. The molecule has 1 aromatic carbocycles. The summed E-state index contributed by atoms with van der Waals surface area (Å²) in [5.41, 5.74) is 1.14. The van der Waals surface area contributed by atoms with Crippen molar-refractivity contribution >= 4 is 23.2 Å². The minimum atomic E-state index is -0.519. The molecule has 0 saturated carbocycles. The van der Waals surface area contributed by atoms with E-state index >= 15 is 0 Å². The van der Waals surface area contributed by atoms with Gasteiger partial charge in [0, 0.05) is 18.1 Å². The van der Waals surface area contributed by atoms with Gasteiger partial charge in [-0.1, -0.05) is 0 Å². The van der Waals surface area contributed by atoms with Crippen molar-refractivity contribution in [3.05, 3.63) is 36.9 Å². The molecule has 0 radical (unpaired) electrons. The Balaban J connectivity index is 1.75. The van der Waals surface area contributed by atoms with Gasteiger partial charge in [0.1, 0.15) is 11.8 Å². The maximum Gasteiger partial charge on any atom is 0.265 e. The zero-order valence-electron chi connectivity index (χ0n) is 12.2. The van der Waals surface area contributed by atoms with Gasteiger partial charge in [-0.05, 0) is 32.0 Å². The second kappa shape index (κ2) is 5.51. The zero-order valence-corrected chi connectivity index (χ0v) is 12.2. The van der Waals surface area contributed by atoms with Crippen LogP contribution < -0.4 is 15.4 Å². The lowest BCUT2D eigenvalue weighted by Gasteiger charge is -2.24. The first kappa shape index (κ1) is 14.1. The number of benzene rings is 1. The first-order valence-electron chi connectivity index (χ1n) is 6.94. The number of anilines is 2. The average Bonchev–Trinajstić information content (AvgIpc) is 3.02. The smallest absolute Gasteiger partial charge is 0.265 e. The number of nitrogens with zero attached hydrogens (tertiary/aromatic N) is 2. The van der Waals surface area contributed by atoms with Gasteiger partial charge in [0.15, 0.2) is 6.10 Å². The molecule has 2 amide bonds. The average molecular weight is 300 g/mol. The first-order chi connectivity index (χ1) is 10.5. The monoisotopic (exact) mass is 300 g/mol. The van der Waals surface area contributed by atoms with Crippen molar-refractivity contribution in [1.29, 1.82) is 0 Å². The Hall–Kier alpha value is -2.83. The highest BCUT2D eigenvalue weighted by atomic mass is 16.5. The summed E-state index contributed by atoms with van der Waals surface area (Å²) in [4.78, 5) is 27.8. The van der Waals surface area contributed by atoms with E-state index in [0.29, 0.717) is 17.1 Å². The van der Waals surface area contributed by atoms with Gasteiger partial charge in [-0.3, -0.25) is 9.59 Å². The summed E-state index contributed by atoms with van der Waals surface area (Å²) in [6.07, 6.45) is 4.42. The third-order valence-electron chi connectivity index (χ3n) is 3.53. The number of rotatable bonds is 3. The molecular formula is C15H16N4O3. The molecule has 2 unspecified atom stereocenters. The molecule has 114 valence electrons. The van der Waals surface area contributed by atoms with Gasteiger partial charge < -0.3 is 19.9 Å². The van der Waals surface area contributed by atoms with E-state index in [1.807, 2.05) is 0 Å². The summed E-state index contributed by atoms with van der Waals surface area (Å²) in [5.74, 6) is 0.213. The summed E-state index contributed by atoms with van der Waals surface area (Å²) in [5, 5.41) is 5.56. The zero-order chi connectivity index (χ0) is 15.7. The highest BCUT2D eigenvalue weighted by Crippen LogP contribution is 2.32. The van der Waals surface area contributed by atoms with Crippen LogP contribution in [0.5, 0.6) is 5.75 Å². The van der Waals surface area contributed by atoms with E-state index in [4.69, 9.17) is 4.74 Å². The molecule has 3 rings (SSSR count). The fraction of sp³-hybridized carbons (Fsp3) is 0.267. The number of amides is 2. The van der Waals surface area contributed by atoms with Crippen molar-refractivity contribution in [1.82, 2.24) is 9.55 Å². The van der Waals surface area contributed by atoms with E-state index < -0.39 is 6.10 Å². The van der Waals surface area contributed by atoms with Crippen LogP contribution in [-0.4, -0.2) is 27.5 Å². The topological polar surface area (TPSA) is 85.2 Å². The normalized spacial score (nSPS) is 17.9. The molecule has 2 aromatic rings. The summed E-state index contributed by atoms with van der Waals surface area (Å²) >= 11 is 0. The summed E-state index contributed by atoms with van der Waals surface area (Å²) < 4.78 is 7.18. The fourth-order valence-corrected chi connectivity index (χ4v) is 2.17. The molecule has 0 saturated heterocycles. The minimum absolute atomic E-state index is 0.172. The van der Waals surface area contributed by atoms with Crippen LogP contribution in [0.4, 0.5) is 11.4 Å². The Morgan fingerprint density at radius 3 is 3.05 bits per heavy atom. The van der Waals surface area contributed by atoms with Crippen LogP contribution in [0.3, 0.4) is 0 Å². The summed E-state index contributed by atoms with van der Waals surface area (Å²) in [6.45, 7) is 3.46. The number of hydrogen-bond donors (Lipinski definition) is 2. The molecule has 2 N–H and O–H groups in total. The number of carbonyl (C=O) groups excluding carboxylic acids is 2. The van der Waals surface area contributed by atoms with Crippen LogP contribution in [0.1, 0.15) is 19.9 Å². The first-order valence-corrected chi connectivity index (χ1v) is 6.94. The Bertz CT molecular complexity index is 712. The highest BCUT2D eigenvalue weighted by molar-refractivity contribution is 5.99. The second-order valence-electron chi connectivity index (χ2n) is 5.14. The number of fused-ring (bicyclic) bond motifs is 1. The lowest BCUT2D eigenvalue weighted by atomic mass is 10.2. The van der Waals surface area contributed by atoms with Crippen LogP contribution in [-0.2, 0) is 9.59 Å². The maximum atomic E-state index is 12.2. The van der Waals surface area contributed by atoms with Gasteiger partial charge >= 0.3 is 0 Å². The van der Waals surface area contributed by atoms with Gasteiger partial charge in [-0.2, -0.15) is 0 Å². The number of ether oxygens (including phenoxy) is 1. The largest absolute Gasteiger partial charge is 0.479 e. The Morgan fingerprint density at radius 1 is 1.50 bits per heavy atom. The van der Waals surface area contributed by atoms with E-state index in [-0.39, 0.29) is 17.9 Å². The molecule has 22 heavy (non-hydrogen) atoms. The van der Waals surface area contributed by atoms with E-state index in [9.17, 15) is 9.59 Å². The molecule has 1 aliphatic heterocycles. The van der Waals surface area contributed by atoms with Gasteiger partial charge in [0.2, 0.25) is 5.91 Å². The molecule has 1 aliphatic rings. The molecule has 0 bridgehead atoms. The van der Waals surface area contributed by atoms with Gasteiger partial charge in [0.25, 0.3) is 5.91 Å². The van der Waals surface area contributed by atoms with E-state index in [1.165, 1.54) is 0 Å². The minimum Gasteiger partial charge on any atom is -0.479 e. The van der Waals surface area contributed by atoms with Crippen molar-refractivity contribution in [2.75, 3.05) is 10.6 Å². The van der Waals surface area contributed by atoms with E-state index in [2.05, 4.69) is 15.6 Å². The Kier molecular flexibility index (Phi) is 3.54. The maximum absolute atomic E-state index is 12.2. The third kappa shape index (κ3) is 2.65. The predicted molar refractivity (Wildman–Crippen MR) is 80.7 cm³/mol. The van der Waals surface area contributed by atoms with Gasteiger partial charge in [0.05, 0.1) is 12.0 Å². The Labute approximate surface area is 127 Å². The van der Waals surface area contributed by atoms with Crippen LogP contribution in [0, 0.1) is 0 Å². The van der Waals surface area contributed by atoms with Crippen LogP contribution >= 0.6 is 0 Å². The molecule has 7 nitrogen and oxygen atoms in total. The molecule has 1 aromatic heterocycles. The number of carbonyl (C=O) groups is 2. The number of hydrogen-bond acceptors (Lipinski definition) is 4. The number of nitrogens with one attached hydrogen (secondary N) is 2. The van der Waals surface area contributed by atoms with Crippen molar-refractivity contribution in [3.8, 4) is 5.75 Å². The predicted octanol–water partition coefficient (Wildman–Crippen LogP) is 1.80. The van der Waals surface area contributed by atoms with Crippen LogP contribution in [0.25, 0.3) is 0 Å². The fourth-order valence-electron chi connectivity index (χ4n) is 2.17. The van der Waals surface area contributed by atoms with Crippen molar-refractivity contribution in [3.63, 3.8) is 0 Å². The quantitative estimate of drug-likeness (QED) is 0.905. The van der Waals surface area contributed by atoms with E-state index in [1.54, 1.807) is 55.3 Å². The number of aromatic nitrogens is 2. The highest BCUT2D eigenvalue weighted by Gasteiger charge is 2.24. The summed E-state index contributed by atoms with van der Waals surface area (Å²) in [7, 11) is 0. The molecule has 2 heterocycles. The molecule has 0 fully saturated rings. The Morgan fingerprint density at radius 2 is 2.32 bits per heavy atom. The van der Waals surface area contributed by atoms with Crippen molar-refractivity contribution in [2.24, 2.45) is 0 Å². The second-order valence-corrected chi connectivity index (χ2v) is 5.14. The molecular weight excluding hydrogens is 284 g/mol. The third-order valence-corrected chi connectivity index (χ3v) is 3.53. The van der Waals surface area contributed by atoms with Gasteiger partial charge in [-0.15, -0.1) is 0 Å². The summed E-state index contributed by atoms with van der Waals surface area (Å²) in [6, 6.07) is 4.76. The SMILES string of the molecule is CC1Oc2ccc(NC(=O)C(C)n3ccnc3)cc2NC1=O. The van der Waals surface area contributed by atoms with Crippen LogP contribution in [0.15, 0.2) is 36.9 Å². The molecule has 7 heteroatoms. The van der Waals surface area contributed by atoms with Crippen molar-refractivity contribution < 1.29 is 14.3 Å². The standard InChI is InChI=1S/C15H16N4O3/c1-9(19-6-5-16-8-19)14(20)17-11-3-4-13-12(7-11)18-15(21)10(2)22-13/h3-10H,1-2H3,(H,17,20)(H,18,21). The lowest BCUT2D eigenvalue weighted by Crippen LogP contribution is -2.34. The van der Waals surface area contributed by atoms with E-state index in [0.717, 1.165) is 0 Å². The molecule has 0 spiro atoms. The van der Waals surface area contributed by atoms with Crippen molar-refractivity contribution in [2.45, 2.75) is 26.0 Å². The lowest BCUT2D eigenvalue weighted by molar-refractivity contribution is -0.122. The molecule has 0 aliphatic carbocycles. The van der Waals surface area contributed by atoms with Crippen LogP contribution in [0.2, 0.25) is 0 Å². The van der Waals surface area contributed by atoms with Gasteiger partial charge in [-0.25, -0.2) is 4.98 Å². The number of imidazole rings is 1.